The van der Waals surface area contributed by atoms with E-state index in [1.807, 2.05) is 0 Å². The molecular weight excluding hydrogens is 514 g/mol. The van der Waals surface area contributed by atoms with Gasteiger partial charge in [-0.1, -0.05) is 40.2 Å². The second-order valence-electron chi connectivity index (χ2n) is 6.47. The van der Waals surface area contributed by atoms with E-state index in [0.29, 0.717) is 11.3 Å². The second kappa shape index (κ2) is 10.1. The van der Waals surface area contributed by atoms with Crippen molar-refractivity contribution >= 4 is 49.4 Å². The number of hydrogen-bond donors (Lipinski definition) is 1. The smallest absolute Gasteiger partial charge is 0.346 e. The van der Waals surface area contributed by atoms with Crippen LogP contribution in [-0.2, 0) is 14.9 Å². The predicted molar refractivity (Wildman–Crippen MR) is 124 cm³/mol. The summed E-state index contributed by atoms with van der Waals surface area (Å²) in [4.78, 5) is 22.2. The highest BCUT2D eigenvalue weighted by atomic mass is 79.9. The van der Waals surface area contributed by atoms with Crippen molar-refractivity contribution in [2.75, 3.05) is 5.32 Å². The standard InChI is InChI=1S/C22H14BrN3O6S/c23-17-8-10-18(11-9-17)25-22(27)16(14-24)12-15-4-3-5-19(13-15)32-33(30,31)21-7-2-1-6-20(21)26(28)29/h1-13H,(H,25,27)/b16-12+. The van der Waals surface area contributed by atoms with E-state index in [-0.39, 0.29) is 11.3 Å². The molecule has 0 unspecified atom stereocenters. The van der Waals surface area contributed by atoms with Crippen LogP contribution < -0.4 is 9.50 Å². The lowest BCUT2D eigenvalue weighted by Gasteiger charge is -2.08. The molecule has 0 fully saturated rings. The molecule has 0 aromatic heterocycles. The van der Waals surface area contributed by atoms with Crippen LogP contribution in [0.3, 0.4) is 0 Å². The fraction of sp³-hybridized carbons (Fsp3) is 0. The highest BCUT2D eigenvalue weighted by molar-refractivity contribution is 9.10. The van der Waals surface area contributed by atoms with Gasteiger partial charge in [0.25, 0.3) is 11.6 Å². The number of amides is 1. The third kappa shape index (κ3) is 6.03. The number of carbonyl (C=O) groups excluding carboxylic acids is 1. The Morgan fingerprint density at radius 1 is 1.09 bits per heavy atom. The molecule has 0 heterocycles. The lowest BCUT2D eigenvalue weighted by molar-refractivity contribution is -0.387. The van der Waals surface area contributed by atoms with Gasteiger partial charge in [-0.15, -0.1) is 0 Å². The molecule has 0 spiro atoms. The SMILES string of the molecule is N#C/C(=C\c1cccc(OS(=O)(=O)c2ccccc2[N+](=O)[O-])c1)C(=O)Nc1ccc(Br)cc1. The van der Waals surface area contributed by atoms with Gasteiger partial charge in [-0.2, -0.15) is 13.7 Å². The number of hydrogen-bond acceptors (Lipinski definition) is 7. The highest BCUT2D eigenvalue weighted by Gasteiger charge is 2.27. The third-order valence-electron chi connectivity index (χ3n) is 4.17. The molecule has 11 heteroatoms. The normalized spacial score (nSPS) is 11.3. The van der Waals surface area contributed by atoms with Gasteiger partial charge in [-0.25, -0.2) is 0 Å². The van der Waals surface area contributed by atoms with E-state index < -0.39 is 31.5 Å². The van der Waals surface area contributed by atoms with Crippen molar-refractivity contribution < 1.29 is 22.3 Å². The number of nitro groups is 1. The van der Waals surface area contributed by atoms with Crippen molar-refractivity contribution in [3.8, 4) is 11.8 Å². The number of benzene rings is 3. The Labute approximate surface area is 197 Å². The molecule has 0 aliphatic carbocycles. The average molecular weight is 528 g/mol. The van der Waals surface area contributed by atoms with Crippen molar-refractivity contribution in [2.45, 2.75) is 4.90 Å². The van der Waals surface area contributed by atoms with E-state index >= 15 is 0 Å². The van der Waals surface area contributed by atoms with Crippen molar-refractivity contribution in [2.24, 2.45) is 0 Å². The average Bonchev–Trinajstić information content (AvgIpc) is 2.79. The van der Waals surface area contributed by atoms with Crippen molar-refractivity contribution in [3.05, 3.63) is 98.5 Å². The number of nitriles is 1. The van der Waals surface area contributed by atoms with Gasteiger partial charge in [0.2, 0.25) is 0 Å². The topological polar surface area (TPSA) is 139 Å². The molecular formula is C22H14BrN3O6S. The fourth-order valence-electron chi connectivity index (χ4n) is 2.69. The molecule has 0 atom stereocenters. The first-order chi connectivity index (χ1) is 15.7. The number of nitro benzene ring substituents is 1. The zero-order valence-corrected chi connectivity index (χ0v) is 19.0. The van der Waals surface area contributed by atoms with Crippen LogP contribution in [0.1, 0.15) is 5.56 Å². The van der Waals surface area contributed by atoms with Crippen LogP contribution in [0.5, 0.6) is 5.75 Å². The van der Waals surface area contributed by atoms with Crippen molar-refractivity contribution in [1.82, 2.24) is 0 Å². The summed E-state index contributed by atoms with van der Waals surface area (Å²) in [6, 6.07) is 19.0. The van der Waals surface area contributed by atoms with Gasteiger partial charge in [0.15, 0.2) is 4.90 Å². The van der Waals surface area contributed by atoms with Gasteiger partial charge in [-0.3, -0.25) is 14.9 Å². The van der Waals surface area contributed by atoms with Crippen LogP contribution >= 0.6 is 15.9 Å². The van der Waals surface area contributed by atoms with Gasteiger partial charge in [-0.05, 0) is 54.1 Å². The van der Waals surface area contributed by atoms with Gasteiger partial charge >= 0.3 is 10.1 Å². The van der Waals surface area contributed by atoms with Gasteiger partial charge < -0.3 is 9.50 Å². The minimum Gasteiger partial charge on any atom is -0.379 e. The molecule has 9 nitrogen and oxygen atoms in total. The third-order valence-corrected chi connectivity index (χ3v) is 6.00. The first-order valence-electron chi connectivity index (χ1n) is 9.16. The summed E-state index contributed by atoms with van der Waals surface area (Å²) in [5.41, 5.74) is -0.0497. The molecule has 1 N–H and O–H groups in total. The van der Waals surface area contributed by atoms with Crippen LogP contribution in [0.4, 0.5) is 11.4 Å². The molecule has 0 aliphatic heterocycles. The maximum Gasteiger partial charge on any atom is 0.346 e. The van der Waals surface area contributed by atoms with Crippen LogP contribution in [0, 0.1) is 21.4 Å². The molecule has 0 aliphatic rings. The summed E-state index contributed by atoms with van der Waals surface area (Å²) in [5, 5.41) is 23.1. The monoisotopic (exact) mass is 527 g/mol. The largest absolute Gasteiger partial charge is 0.379 e. The zero-order valence-electron chi connectivity index (χ0n) is 16.6. The summed E-state index contributed by atoms with van der Waals surface area (Å²) in [6.45, 7) is 0. The zero-order chi connectivity index (χ0) is 24.0. The number of nitrogens with one attached hydrogen (secondary N) is 1. The van der Waals surface area contributed by atoms with Crippen LogP contribution in [0.15, 0.2) is 87.7 Å². The Kier molecular flexibility index (Phi) is 7.22. The summed E-state index contributed by atoms with van der Waals surface area (Å²) < 4.78 is 31.1. The van der Waals surface area contributed by atoms with E-state index in [2.05, 4.69) is 21.2 Å². The molecule has 0 saturated heterocycles. The molecule has 33 heavy (non-hydrogen) atoms. The van der Waals surface area contributed by atoms with Crippen molar-refractivity contribution in [1.29, 1.82) is 5.26 Å². The Morgan fingerprint density at radius 2 is 1.79 bits per heavy atom. The highest BCUT2D eigenvalue weighted by Crippen LogP contribution is 2.27. The van der Waals surface area contributed by atoms with E-state index in [1.54, 1.807) is 30.3 Å². The lowest BCUT2D eigenvalue weighted by atomic mass is 10.1. The maximum absolute atomic E-state index is 12.6. The number of para-hydroxylation sites is 1. The Balaban J connectivity index is 1.84. The molecule has 0 radical (unpaired) electrons. The minimum absolute atomic E-state index is 0.146. The molecule has 0 bridgehead atoms. The van der Waals surface area contributed by atoms with Gasteiger partial charge in [0, 0.05) is 16.2 Å². The first kappa shape index (κ1) is 23.6. The summed E-state index contributed by atoms with van der Waals surface area (Å²) in [7, 11) is -4.51. The number of anilines is 1. The Bertz CT molecular complexity index is 1400. The first-order valence-corrected chi connectivity index (χ1v) is 11.4. The molecule has 3 rings (SSSR count). The molecule has 3 aromatic carbocycles. The maximum atomic E-state index is 12.6. The quantitative estimate of drug-likeness (QED) is 0.155. The lowest BCUT2D eigenvalue weighted by Crippen LogP contribution is -2.13. The number of nitrogens with zero attached hydrogens (tertiary/aromatic N) is 2. The Hall–Kier alpha value is -4.01. The number of carbonyl (C=O) groups is 1. The predicted octanol–water partition coefficient (Wildman–Crippen LogP) is 4.67. The van der Waals surface area contributed by atoms with E-state index in [1.165, 1.54) is 42.5 Å². The number of rotatable bonds is 7. The Morgan fingerprint density at radius 3 is 2.45 bits per heavy atom. The molecule has 0 saturated carbocycles. The van der Waals surface area contributed by atoms with E-state index in [9.17, 15) is 28.6 Å². The number of halogens is 1. The molecule has 166 valence electrons. The summed E-state index contributed by atoms with van der Waals surface area (Å²) >= 11 is 3.29. The fourth-order valence-corrected chi connectivity index (χ4v) is 4.05. The van der Waals surface area contributed by atoms with Gasteiger partial charge in [0.05, 0.1) is 4.92 Å². The van der Waals surface area contributed by atoms with Gasteiger partial charge in [0.1, 0.15) is 17.4 Å². The van der Waals surface area contributed by atoms with E-state index in [4.69, 9.17) is 4.18 Å². The van der Waals surface area contributed by atoms with E-state index in [0.717, 1.165) is 16.6 Å². The van der Waals surface area contributed by atoms with Crippen LogP contribution in [-0.4, -0.2) is 19.2 Å². The molecule has 3 aromatic rings. The summed E-state index contributed by atoms with van der Waals surface area (Å²) in [5.74, 6) is -0.800. The summed E-state index contributed by atoms with van der Waals surface area (Å²) in [6.07, 6.45) is 1.26. The van der Waals surface area contributed by atoms with Crippen LogP contribution in [0.25, 0.3) is 6.08 Å². The molecule has 1 amide bonds. The minimum atomic E-state index is -4.51. The van der Waals surface area contributed by atoms with Crippen molar-refractivity contribution in [3.63, 3.8) is 0 Å². The second-order valence-corrected chi connectivity index (χ2v) is 8.90. The van der Waals surface area contributed by atoms with Crippen LogP contribution in [0.2, 0.25) is 0 Å².